The Morgan fingerprint density at radius 2 is 2.14 bits per heavy atom. The molecule has 0 saturated carbocycles. The molecule has 5 heteroatoms. The molecule has 106 valence electrons. The van der Waals surface area contributed by atoms with Crippen LogP contribution in [0.25, 0.3) is 17.2 Å². The van der Waals surface area contributed by atoms with Gasteiger partial charge in [0.25, 0.3) is 0 Å². The Morgan fingerprint density at radius 3 is 3.00 bits per heavy atom. The zero-order valence-electron chi connectivity index (χ0n) is 11.6. The zero-order valence-corrected chi connectivity index (χ0v) is 11.6. The molecule has 2 fully saturated rings. The molecule has 0 unspecified atom stereocenters. The quantitative estimate of drug-likeness (QED) is 0.725. The van der Waals surface area contributed by atoms with Crippen molar-refractivity contribution in [3.8, 4) is 11.5 Å². The third-order valence-corrected chi connectivity index (χ3v) is 4.75. The van der Waals surface area contributed by atoms with Crippen LogP contribution in [0.4, 0.5) is 0 Å². The van der Waals surface area contributed by atoms with Crippen LogP contribution in [0.15, 0.2) is 43.0 Å². The SMILES string of the molecule is c1ccn2c(-c3nccn3[C@@H]3C[C@@H]4CC[C@H]3O4)cnc2c1. The maximum absolute atomic E-state index is 6.00. The zero-order chi connectivity index (χ0) is 13.8. The second kappa shape index (κ2) is 4.18. The first kappa shape index (κ1) is 11.5. The molecule has 0 aliphatic carbocycles. The molecule has 2 aliphatic heterocycles. The molecule has 21 heavy (non-hydrogen) atoms. The summed E-state index contributed by atoms with van der Waals surface area (Å²) in [6.45, 7) is 0. The van der Waals surface area contributed by atoms with E-state index >= 15 is 0 Å². The van der Waals surface area contributed by atoms with Crippen molar-refractivity contribution in [2.24, 2.45) is 0 Å². The monoisotopic (exact) mass is 280 g/mol. The molecule has 3 aromatic rings. The van der Waals surface area contributed by atoms with Crippen molar-refractivity contribution in [3.63, 3.8) is 0 Å². The molecule has 2 aliphatic rings. The standard InChI is InChI=1S/C16H16N4O/c1-2-7-19-13(10-18-15(19)3-1)16-17-6-8-20(16)12-9-11-4-5-14(12)21-11/h1-3,6-8,10-12,14H,4-5,9H2/t11-,12+,14+/m0/s1. The molecule has 3 atom stereocenters. The van der Waals surface area contributed by atoms with Gasteiger partial charge in [-0.1, -0.05) is 6.07 Å². The highest BCUT2D eigenvalue weighted by Crippen LogP contribution is 2.42. The number of fused-ring (bicyclic) bond motifs is 3. The summed E-state index contributed by atoms with van der Waals surface area (Å²) in [5.74, 6) is 0.981. The molecule has 0 amide bonds. The molecule has 3 aromatic heterocycles. The number of nitrogens with zero attached hydrogens (tertiary/aromatic N) is 4. The predicted octanol–water partition coefficient (Wildman–Crippen LogP) is 2.69. The first-order valence-electron chi connectivity index (χ1n) is 7.51. The minimum Gasteiger partial charge on any atom is -0.373 e. The predicted molar refractivity (Wildman–Crippen MR) is 78.0 cm³/mol. The van der Waals surface area contributed by atoms with E-state index in [0.717, 1.165) is 23.6 Å². The van der Waals surface area contributed by atoms with Crippen molar-refractivity contribution in [1.82, 2.24) is 18.9 Å². The highest BCUT2D eigenvalue weighted by Gasteiger charge is 2.42. The van der Waals surface area contributed by atoms with Gasteiger partial charge in [-0.3, -0.25) is 4.40 Å². The van der Waals surface area contributed by atoms with Gasteiger partial charge >= 0.3 is 0 Å². The topological polar surface area (TPSA) is 44.4 Å². The van der Waals surface area contributed by atoms with E-state index in [9.17, 15) is 0 Å². The van der Waals surface area contributed by atoms with E-state index in [4.69, 9.17) is 4.74 Å². The van der Waals surface area contributed by atoms with Crippen LogP contribution in [0.5, 0.6) is 0 Å². The van der Waals surface area contributed by atoms with Gasteiger partial charge in [-0.25, -0.2) is 9.97 Å². The van der Waals surface area contributed by atoms with Crippen molar-refractivity contribution in [2.45, 2.75) is 37.5 Å². The number of imidazole rings is 2. The van der Waals surface area contributed by atoms with Gasteiger partial charge in [0.05, 0.1) is 24.4 Å². The van der Waals surface area contributed by atoms with Crippen LogP contribution in [0.1, 0.15) is 25.3 Å². The lowest BCUT2D eigenvalue weighted by Crippen LogP contribution is -2.21. The maximum Gasteiger partial charge on any atom is 0.159 e. The summed E-state index contributed by atoms with van der Waals surface area (Å²) in [6, 6.07) is 6.45. The molecule has 0 radical (unpaired) electrons. The fraction of sp³-hybridized carbons (Fsp3) is 0.375. The summed E-state index contributed by atoms with van der Waals surface area (Å²) in [6.07, 6.45) is 12.2. The lowest BCUT2D eigenvalue weighted by Gasteiger charge is -2.22. The fourth-order valence-electron chi connectivity index (χ4n) is 3.78. The lowest BCUT2D eigenvalue weighted by atomic mass is 9.95. The minimum absolute atomic E-state index is 0.349. The summed E-state index contributed by atoms with van der Waals surface area (Å²) < 4.78 is 10.4. The molecular formula is C16H16N4O. The van der Waals surface area contributed by atoms with Gasteiger partial charge in [0.1, 0.15) is 11.3 Å². The average Bonchev–Trinajstić information content (AvgIpc) is 3.28. The lowest BCUT2D eigenvalue weighted by molar-refractivity contribution is 0.0940. The van der Waals surface area contributed by atoms with Crippen LogP contribution in [0, 0.1) is 0 Å². The van der Waals surface area contributed by atoms with Gasteiger partial charge in [0.15, 0.2) is 5.82 Å². The van der Waals surface area contributed by atoms with E-state index in [1.165, 1.54) is 12.8 Å². The Hall–Kier alpha value is -2.14. The van der Waals surface area contributed by atoms with Gasteiger partial charge in [-0.2, -0.15) is 0 Å². The summed E-state index contributed by atoms with van der Waals surface area (Å²) in [5.41, 5.74) is 1.99. The summed E-state index contributed by atoms with van der Waals surface area (Å²) in [4.78, 5) is 9.05. The second-order valence-corrected chi connectivity index (χ2v) is 5.91. The molecule has 2 bridgehead atoms. The molecule has 5 rings (SSSR count). The number of rotatable bonds is 2. The average molecular weight is 280 g/mol. The Morgan fingerprint density at radius 1 is 1.14 bits per heavy atom. The number of ether oxygens (including phenoxy) is 1. The van der Waals surface area contributed by atoms with Gasteiger partial charge in [0, 0.05) is 18.6 Å². The maximum atomic E-state index is 6.00. The van der Waals surface area contributed by atoms with Gasteiger partial charge < -0.3 is 9.30 Å². The smallest absolute Gasteiger partial charge is 0.159 e. The van der Waals surface area contributed by atoms with Crippen LogP contribution >= 0.6 is 0 Å². The van der Waals surface area contributed by atoms with Crippen LogP contribution in [0.2, 0.25) is 0 Å². The molecule has 0 aromatic carbocycles. The third kappa shape index (κ3) is 1.61. The molecular weight excluding hydrogens is 264 g/mol. The Balaban J connectivity index is 1.63. The number of hydrogen-bond donors (Lipinski definition) is 0. The van der Waals surface area contributed by atoms with Gasteiger partial charge in [-0.15, -0.1) is 0 Å². The largest absolute Gasteiger partial charge is 0.373 e. The van der Waals surface area contributed by atoms with Crippen molar-refractivity contribution in [1.29, 1.82) is 0 Å². The van der Waals surface area contributed by atoms with E-state index in [-0.39, 0.29) is 0 Å². The molecule has 2 saturated heterocycles. The van der Waals surface area contributed by atoms with Crippen LogP contribution in [-0.2, 0) is 4.74 Å². The Bertz CT molecular complexity index is 805. The van der Waals surface area contributed by atoms with Crippen LogP contribution in [0.3, 0.4) is 0 Å². The van der Waals surface area contributed by atoms with Gasteiger partial charge in [-0.05, 0) is 31.4 Å². The molecule has 0 N–H and O–H groups in total. The second-order valence-electron chi connectivity index (χ2n) is 5.91. The van der Waals surface area contributed by atoms with E-state index in [0.29, 0.717) is 18.2 Å². The van der Waals surface area contributed by atoms with Crippen LogP contribution < -0.4 is 0 Å². The fourth-order valence-corrected chi connectivity index (χ4v) is 3.78. The van der Waals surface area contributed by atoms with Crippen molar-refractivity contribution < 1.29 is 4.74 Å². The first-order chi connectivity index (χ1) is 10.4. The number of aromatic nitrogens is 4. The highest BCUT2D eigenvalue weighted by atomic mass is 16.5. The van der Waals surface area contributed by atoms with Crippen LogP contribution in [-0.4, -0.2) is 31.1 Å². The summed E-state index contributed by atoms with van der Waals surface area (Å²) >= 11 is 0. The Labute approximate surface area is 122 Å². The molecule has 0 spiro atoms. The van der Waals surface area contributed by atoms with E-state index in [1.54, 1.807) is 0 Å². The highest BCUT2D eigenvalue weighted by molar-refractivity contribution is 5.57. The number of pyridine rings is 1. The van der Waals surface area contributed by atoms with Crippen molar-refractivity contribution >= 4 is 5.65 Å². The first-order valence-corrected chi connectivity index (χ1v) is 7.51. The summed E-state index contributed by atoms with van der Waals surface area (Å²) in [5, 5.41) is 0. The van der Waals surface area contributed by atoms with Crippen molar-refractivity contribution in [3.05, 3.63) is 43.0 Å². The Kier molecular flexibility index (Phi) is 2.29. The molecule has 5 heterocycles. The van der Waals surface area contributed by atoms with Crippen molar-refractivity contribution in [2.75, 3.05) is 0 Å². The summed E-state index contributed by atoms with van der Waals surface area (Å²) in [7, 11) is 0. The molecule has 5 nitrogen and oxygen atoms in total. The normalized spacial score (nSPS) is 27.7. The minimum atomic E-state index is 0.349. The van der Waals surface area contributed by atoms with E-state index < -0.39 is 0 Å². The van der Waals surface area contributed by atoms with E-state index in [1.807, 2.05) is 36.8 Å². The van der Waals surface area contributed by atoms with E-state index in [2.05, 4.69) is 25.1 Å². The number of hydrogen-bond acceptors (Lipinski definition) is 3. The van der Waals surface area contributed by atoms with Gasteiger partial charge in [0.2, 0.25) is 0 Å². The third-order valence-electron chi connectivity index (χ3n) is 4.75.